The van der Waals surface area contributed by atoms with Crippen molar-refractivity contribution >= 4 is 29.1 Å². The summed E-state index contributed by atoms with van der Waals surface area (Å²) in [5.74, 6) is -2.36. The largest absolute Gasteiger partial charge is 0.507 e. The highest BCUT2D eigenvalue weighted by molar-refractivity contribution is 6.46. The molecule has 2 aromatic carbocycles. The molecule has 1 heterocycles. The number of benzene rings is 2. The second kappa shape index (κ2) is 8.75. The van der Waals surface area contributed by atoms with E-state index in [1.165, 1.54) is 49.5 Å². The van der Waals surface area contributed by atoms with Crippen molar-refractivity contribution in [3.63, 3.8) is 0 Å². The van der Waals surface area contributed by atoms with Crippen LogP contribution in [-0.2, 0) is 9.59 Å². The van der Waals surface area contributed by atoms with Crippen LogP contribution in [0.3, 0.4) is 0 Å². The van der Waals surface area contributed by atoms with Crippen LogP contribution in [0.1, 0.15) is 30.5 Å². The lowest BCUT2D eigenvalue weighted by molar-refractivity contribution is -0.139. The van der Waals surface area contributed by atoms with Crippen molar-refractivity contribution in [2.24, 2.45) is 0 Å². The number of carbonyl (C=O) groups excluding carboxylic acids is 2. The van der Waals surface area contributed by atoms with E-state index in [4.69, 9.17) is 21.1 Å². The number of nitrogens with zero attached hydrogens (tertiary/aromatic N) is 1. The SMILES string of the molecule is CCCN1C(=O)C(=O)/C(=C(/O)c2cc(OC)c(Cl)cc2OC)C1c1ccccc1F. The quantitative estimate of drug-likeness (QED) is 0.417. The first-order valence-electron chi connectivity index (χ1n) is 9.30. The third-order valence-electron chi connectivity index (χ3n) is 4.93. The van der Waals surface area contributed by atoms with E-state index < -0.39 is 29.3 Å². The summed E-state index contributed by atoms with van der Waals surface area (Å²) < 4.78 is 25.1. The lowest BCUT2D eigenvalue weighted by Gasteiger charge is -2.25. The standard InChI is InChI=1S/C22H21ClFNO5/c1-4-9-25-19(12-7-5-6-8-15(12)24)18(21(27)22(25)28)20(26)13-10-17(30-3)14(23)11-16(13)29-2/h5-8,10-11,19,26H,4,9H2,1-3H3/b20-18+. The minimum atomic E-state index is -1.07. The Balaban J connectivity index is 2.30. The molecule has 1 fully saturated rings. The number of ketones is 1. The van der Waals surface area contributed by atoms with E-state index in [0.717, 1.165) is 0 Å². The Morgan fingerprint density at radius 3 is 2.43 bits per heavy atom. The highest BCUT2D eigenvalue weighted by Gasteiger charge is 2.46. The summed E-state index contributed by atoms with van der Waals surface area (Å²) in [6.45, 7) is 2.06. The molecule has 6 nitrogen and oxygen atoms in total. The first-order chi connectivity index (χ1) is 14.3. The summed E-state index contributed by atoms with van der Waals surface area (Å²) >= 11 is 6.12. The van der Waals surface area contributed by atoms with Gasteiger partial charge in [-0.3, -0.25) is 9.59 Å². The van der Waals surface area contributed by atoms with E-state index in [-0.39, 0.29) is 39.8 Å². The molecule has 8 heteroatoms. The van der Waals surface area contributed by atoms with Crippen LogP contribution in [0.4, 0.5) is 4.39 Å². The van der Waals surface area contributed by atoms with E-state index in [0.29, 0.717) is 6.42 Å². The first kappa shape index (κ1) is 21.6. The summed E-state index contributed by atoms with van der Waals surface area (Å²) in [7, 11) is 2.77. The van der Waals surface area contributed by atoms with Crippen molar-refractivity contribution in [3.05, 3.63) is 63.9 Å². The molecule has 1 unspecified atom stereocenters. The lowest BCUT2D eigenvalue weighted by atomic mass is 9.94. The van der Waals surface area contributed by atoms with Gasteiger partial charge in [0, 0.05) is 18.2 Å². The molecule has 0 aromatic heterocycles. The molecule has 1 aliphatic rings. The number of carbonyl (C=O) groups is 2. The number of likely N-dealkylation sites (tertiary alicyclic amines) is 1. The number of hydrogen-bond donors (Lipinski definition) is 1. The number of methoxy groups -OCH3 is 2. The van der Waals surface area contributed by atoms with Crippen LogP contribution in [0, 0.1) is 5.82 Å². The summed E-state index contributed by atoms with van der Waals surface area (Å²) in [6.07, 6.45) is 0.552. The normalized spacial score (nSPS) is 18.0. The van der Waals surface area contributed by atoms with Gasteiger partial charge in [0.1, 0.15) is 23.1 Å². The predicted octanol–water partition coefficient (Wildman–Crippen LogP) is 4.33. The molecule has 1 saturated heterocycles. The zero-order chi connectivity index (χ0) is 22.0. The van der Waals surface area contributed by atoms with Crippen LogP contribution in [-0.4, -0.2) is 42.5 Å². The number of aliphatic hydroxyl groups excluding tert-OH is 1. The van der Waals surface area contributed by atoms with E-state index in [9.17, 15) is 19.1 Å². The molecule has 0 radical (unpaired) electrons. The van der Waals surface area contributed by atoms with Crippen LogP contribution in [0.25, 0.3) is 5.76 Å². The van der Waals surface area contributed by atoms with Gasteiger partial charge >= 0.3 is 0 Å². The number of rotatable bonds is 6. The average molecular weight is 434 g/mol. The maximum atomic E-state index is 14.6. The Morgan fingerprint density at radius 2 is 1.83 bits per heavy atom. The average Bonchev–Trinajstić information content (AvgIpc) is 2.98. The van der Waals surface area contributed by atoms with Gasteiger partial charge in [-0.2, -0.15) is 0 Å². The van der Waals surface area contributed by atoms with Gasteiger partial charge in [0.05, 0.1) is 36.4 Å². The predicted molar refractivity (Wildman–Crippen MR) is 110 cm³/mol. The minimum Gasteiger partial charge on any atom is -0.507 e. The summed E-state index contributed by atoms with van der Waals surface area (Å²) in [5, 5.41) is 11.4. The maximum absolute atomic E-state index is 14.6. The first-order valence-corrected chi connectivity index (χ1v) is 9.68. The van der Waals surface area contributed by atoms with Gasteiger partial charge < -0.3 is 19.5 Å². The van der Waals surface area contributed by atoms with E-state index in [2.05, 4.69) is 0 Å². The fourth-order valence-corrected chi connectivity index (χ4v) is 3.79. The number of Topliss-reactive ketones (excluding diaryl/α,β-unsaturated/α-hetero) is 1. The molecule has 1 amide bonds. The molecule has 1 aliphatic heterocycles. The minimum absolute atomic E-state index is 0.106. The van der Waals surface area contributed by atoms with Gasteiger partial charge in [0.15, 0.2) is 0 Å². The smallest absolute Gasteiger partial charge is 0.295 e. The summed E-state index contributed by atoms with van der Waals surface area (Å²) in [4.78, 5) is 26.9. The Bertz CT molecular complexity index is 1040. The van der Waals surface area contributed by atoms with Gasteiger partial charge in [-0.15, -0.1) is 0 Å². The zero-order valence-electron chi connectivity index (χ0n) is 16.7. The van der Waals surface area contributed by atoms with Crippen molar-refractivity contribution in [1.29, 1.82) is 0 Å². The van der Waals surface area contributed by atoms with E-state index in [1.807, 2.05) is 6.92 Å². The number of amides is 1. The summed E-state index contributed by atoms with van der Waals surface area (Å²) in [5.41, 5.74) is 0.00223. The van der Waals surface area contributed by atoms with Crippen molar-refractivity contribution in [3.8, 4) is 11.5 Å². The van der Waals surface area contributed by atoms with Crippen molar-refractivity contribution < 1.29 is 28.6 Å². The van der Waals surface area contributed by atoms with Crippen molar-refractivity contribution in [2.75, 3.05) is 20.8 Å². The molecule has 2 aromatic rings. The number of hydrogen-bond acceptors (Lipinski definition) is 5. The van der Waals surface area contributed by atoms with Crippen LogP contribution < -0.4 is 9.47 Å². The molecule has 30 heavy (non-hydrogen) atoms. The highest BCUT2D eigenvalue weighted by Crippen LogP contribution is 2.43. The molecular formula is C22H21ClFNO5. The Labute approximate surface area is 178 Å². The second-order valence-electron chi connectivity index (χ2n) is 6.70. The van der Waals surface area contributed by atoms with Gasteiger partial charge in [-0.25, -0.2) is 4.39 Å². The molecular weight excluding hydrogens is 413 g/mol. The Kier molecular flexibility index (Phi) is 6.31. The Hall–Kier alpha value is -3.06. The van der Waals surface area contributed by atoms with Gasteiger partial charge in [-0.05, 0) is 18.6 Å². The van der Waals surface area contributed by atoms with Crippen molar-refractivity contribution in [1.82, 2.24) is 4.90 Å². The molecule has 158 valence electrons. The maximum Gasteiger partial charge on any atom is 0.295 e. The fraction of sp³-hybridized carbons (Fsp3) is 0.273. The molecule has 0 bridgehead atoms. The molecule has 1 atom stereocenters. The van der Waals surface area contributed by atoms with E-state index in [1.54, 1.807) is 6.07 Å². The van der Waals surface area contributed by atoms with Gasteiger partial charge in [0.25, 0.3) is 11.7 Å². The molecule has 0 spiro atoms. The molecule has 3 rings (SSSR count). The third kappa shape index (κ3) is 3.61. The van der Waals surface area contributed by atoms with Crippen molar-refractivity contribution in [2.45, 2.75) is 19.4 Å². The van der Waals surface area contributed by atoms with Gasteiger partial charge in [0.2, 0.25) is 0 Å². The zero-order valence-corrected chi connectivity index (χ0v) is 17.5. The number of ether oxygens (including phenoxy) is 2. The topological polar surface area (TPSA) is 76.1 Å². The summed E-state index contributed by atoms with van der Waals surface area (Å²) in [6, 6.07) is 7.61. The van der Waals surface area contributed by atoms with Crippen LogP contribution in [0.5, 0.6) is 11.5 Å². The Morgan fingerprint density at radius 1 is 1.17 bits per heavy atom. The third-order valence-corrected chi connectivity index (χ3v) is 5.23. The van der Waals surface area contributed by atoms with Gasteiger partial charge in [-0.1, -0.05) is 36.7 Å². The molecule has 0 saturated carbocycles. The number of halogens is 2. The number of aliphatic hydroxyl groups is 1. The van der Waals surface area contributed by atoms with Crippen LogP contribution >= 0.6 is 11.6 Å². The fourth-order valence-electron chi connectivity index (χ4n) is 3.56. The molecule has 1 N–H and O–H groups in total. The van der Waals surface area contributed by atoms with E-state index >= 15 is 0 Å². The van der Waals surface area contributed by atoms with Crippen LogP contribution in [0.15, 0.2) is 42.0 Å². The monoisotopic (exact) mass is 433 g/mol. The highest BCUT2D eigenvalue weighted by atomic mass is 35.5. The second-order valence-corrected chi connectivity index (χ2v) is 7.11. The lowest BCUT2D eigenvalue weighted by Crippen LogP contribution is -2.30. The molecule has 0 aliphatic carbocycles. The van der Waals surface area contributed by atoms with Crippen LogP contribution in [0.2, 0.25) is 5.02 Å².